The fraction of sp³-hybridized carbons (Fsp3) is 0.333. The van der Waals surface area contributed by atoms with Gasteiger partial charge in [-0.05, 0) is 62.2 Å². The third kappa shape index (κ3) is 7.32. The summed E-state index contributed by atoms with van der Waals surface area (Å²) < 4.78 is 39.6. The first kappa shape index (κ1) is 30.5. The third-order valence-corrected chi connectivity index (χ3v) is 8.24. The van der Waals surface area contributed by atoms with Gasteiger partial charge in [-0.25, -0.2) is 8.42 Å². The molecule has 3 aromatic carbocycles. The van der Waals surface area contributed by atoms with Crippen LogP contribution in [0.15, 0.2) is 77.7 Å². The molecule has 214 valence electrons. The Morgan fingerprint density at radius 1 is 0.900 bits per heavy atom. The van der Waals surface area contributed by atoms with E-state index in [1.807, 2.05) is 19.9 Å². The van der Waals surface area contributed by atoms with Crippen LogP contribution >= 0.6 is 0 Å². The number of ether oxygens (including phenoxy) is 2. The van der Waals surface area contributed by atoms with Crippen molar-refractivity contribution < 1.29 is 27.5 Å². The van der Waals surface area contributed by atoms with Crippen LogP contribution in [-0.2, 0) is 26.2 Å². The van der Waals surface area contributed by atoms with Crippen LogP contribution in [0.2, 0.25) is 0 Å². The zero-order valence-corrected chi connectivity index (χ0v) is 24.4. The van der Waals surface area contributed by atoms with E-state index in [0.29, 0.717) is 24.5 Å². The molecule has 0 aromatic heterocycles. The van der Waals surface area contributed by atoms with Gasteiger partial charge >= 0.3 is 0 Å². The number of amides is 2. The van der Waals surface area contributed by atoms with Gasteiger partial charge in [-0.2, -0.15) is 0 Å². The summed E-state index contributed by atoms with van der Waals surface area (Å²) >= 11 is 0. The average molecular weight is 568 g/mol. The van der Waals surface area contributed by atoms with Gasteiger partial charge in [0.2, 0.25) is 11.8 Å². The Bertz CT molecular complexity index is 1410. The molecule has 0 aliphatic carbocycles. The third-order valence-electron chi connectivity index (χ3n) is 6.45. The predicted molar refractivity (Wildman–Crippen MR) is 155 cm³/mol. The summed E-state index contributed by atoms with van der Waals surface area (Å²) in [5.41, 5.74) is 1.91. The van der Waals surface area contributed by atoms with Gasteiger partial charge in [-0.3, -0.25) is 13.9 Å². The van der Waals surface area contributed by atoms with Crippen molar-refractivity contribution >= 4 is 27.5 Å². The van der Waals surface area contributed by atoms with Gasteiger partial charge in [0.25, 0.3) is 10.0 Å². The Labute approximate surface area is 236 Å². The Balaban J connectivity index is 2.08. The number of aryl methyl sites for hydroxylation is 1. The number of hydrogen-bond donors (Lipinski definition) is 1. The fourth-order valence-corrected chi connectivity index (χ4v) is 5.72. The molecule has 0 saturated carbocycles. The zero-order valence-electron chi connectivity index (χ0n) is 23.6. The van der Waals surface area contributed by atoms with Crippen molar-refractivity contribution in [2.75, 3.05) is 31.6 Å². The van der Waals surface area contributed by atoms with Crippen LogP contribution in [-0.4, -0.2) is 58.5 Å². The second-order valence-electron chi connectivity index (χ2n) is 9.22. The van der Waals surface area contributed by atoms with Crippen molar-refractivity contribution in [1.29, 1.82) is 0 Å². The zero-order chi connectivity index (χ0) is 29.3. The maximum atomic E-state index is 14.1. The van der Waals surface area contributed by atoms with Gasteiger partial charge in [0.15, 0.2) is 0 Å². The topological polar surface area (TPSA) is 105 Å². The van der Waals surface area contributed by atoms with Crippen molar-refractivity contribution in [1.82, 2.24) is 10.2 Å². The van der Waals surface area contributed by atoms with Crippen molar-refractivity contribution in [2.24, 2.45) is 0 Å². The predicted octanol–water partition coefficient (Wildman–Crippen LogP) is 4.15. The minimum absolute atomic E-state index is 0.0452. The summed E-state index contributed by atoms with van der Waals surface area (Å²) in [5.74, 6) is 0.210. The highest BCUT2D eigenvalue weighted by molar-refractivity contribution is 7.92. The lowest BCUT2D eigenvalue weighted by molar-refractivity contribution is -0.140. The van der Waals surface area contributed by atoms with E-state index in [9.17, 15) is 18.0 Å². The molecule has 3 aromatic rings. The molecule has 0 bridgehead atoms. The lowest BCUT2D eigenvalue weighted by Crippen LogP contribution is -2.52. The first-order valence-corrected chi connectivity index (χ1v) is 14.5. The van der Waals surface area contributed by atoms with Gasteiger partial charge in [0.1, 0.15) is 24.1 Å². The highest BCUT2D eigenvalue weighted by atomic mass is 32.2. The average Bonchev–Trinajstić information content (AvgIpc) is 2.96. The molecule has 2 amide bonds. The second kappa shape index (κ2) is 13.8. The molecule has 1 atom stereocenters. The number of anilines is 1. The van der Waals surface area contributed by atoms with Crippen molar-refractivity contribution in [3.8, 4) is 11.5 Å². The van der Waals surface area contributed by atoms with E-state index in [0.717, 1.165) is 15.4 Å². The fourth-order valence-electron chi connectivity index (χ4n) is 4.31. The summed E-state index contributed by atoms with van der Waals surface area (Å²) in [7, 11) is -1.13. The van der Waals surface area contributed by atoms with Crippen LogP contribution in [0.5, 0.6) is 11.5 Å². The Morgan fingerprint density at radius 2 is 1.52 bits per heavy atom. The lowest BCUT2D eigenvalue weighted by Gasteiger charge is -2.33. The normalized spacial score (nSPS) is 11.8. The van der Waals surface area contributed by atoms with E-state index in [-0.39, 0.29) is 23.0 Å². The maximum absolute atomic E-state index is 14.1. The van der Waals surface area contributed by atoms with Gasteiger partial charge in [0, 0.05) is 19.2 Å². The molecular formula is C30H37N3O6S. The van der Waals surface area contributed by atoms with E-state index in [1.54, 1.807) is 68.6 Å². The number of nitrogens with one attached hydrogen (secondary N) is 1. The number of carbonyl (C=O) groups is 2. The number of likely N-dealkylation sites (N-methyl/N-ethyl adjacent to an activating group) is 1. The molecule has 9 nitrogen and oxygen atoms in total. The standard InChI is InChI=1S/C30H37N3O6S/c1-6-28(30(35)31-7-2)32(20-23-10-8-12-25(18-23)38-4)29(34)21-33(24-11-9-13-26(19-24)39-5)40(36,37)27-16-14-22(3)15-17-27/h8-19,28H,6-7,20-21H2,1-5H3,(H,31,35). The molecule has 0 fully saturated rings. The second-order valence-corrected chi connectivity index (χ2v) is 11.1. The van der Waals surface area contributed by atoms with Crippen molar-refractivity contribution in [3.05, 3.63) is 83.9 Å². The Hall–Kier alpha value is -4.05. The van der Waals surface area contributed by atoms with Crippen LogP contribution in [0.3, 0.4) is 0 Å². The van der Waals surface area contributed by atoms with Gasteiger partial charge in [0.05, 0.1) is 24.8 Å². The molecule has 40 heavy (non-hydrogen) atoms. The minimum Gasteiger partial charge on any atom is -0.497 e. The quantitative estimate of drug-likeness (QED) is 0.333. The molecule has 10 heteroatoms. The molecule has 0 spiro atoms. The Morgan fingerprint density at radius 3 is 2.12 bits per heavy atom. The molecule has 1 unspecified atom stereocenters. The Kier molecular flexibility index (Phi) is 10.6. The number of nitrogens with zero attached hydrogens (tertiary/aromatic N) is 2. The van der Waals surface area contributed by atoms with Gasteiger partial charge in [-0.1, -0.05) is 42.8 Å². The lowest BCUT2D eigenvalue weighted by atomic mass is 10.1. The molecular weight excluding hydrogens is 530 g/mol. The summed E-state index contributed by atoms with van der Waals surface area (Å²) in [5, 5.41) is 2.80. The molecule has 1 N–H and O–H groups in total. The van der Waals surface area contributed by atoms with E-state index in [1.165, 1.54) is 24.1 Å². The van der Waals surface area contributed by atoms with E-state index >= 15 is 0 Å². The largest absolute Gasteiger partial charge is 0.497 e. The summed E-state index contributed by atoms with van der Waals surface area (Å²) in [4.78, 5) is 28.6. The smallest absolute Gasteiger partial charge is 0.264 e. The van der Waals surface area contributed by atoms with Crippen LogP contribution in [0.1, 0.15) is 31.4 Å². The number of sulfonamides is 1. The van der Waals surface area contributed by atoms with Crippen LogP contribution in [0.25, 0.3) is 0 Å². The molecule has 0 heterocycles. The molecule has 0 radical (unpaired) electrons. The van der Waals surface area contributed by atoms with Crippen LogP contribution in [0, 0.1) is 6.92 Å². The van der Waals surface area contributed by atoms with Crippen LogP contribution < -0.4 is 19.1 Å². The molecule has 0 aliphatic rings. The first-order valence-electron chi connectivity index (χ1n) is 13.1. The van der Waals surface area contributed by atoms with E-state index < -0.39 is 28.5 Å². The number of benzene rings is 3. The van der Waals surface area contributed by atoms with Crippen molar-refractivity contribution in [3.63, 3.8) is 0 Å². The molecule has 3 rings (SSSR count). The summed E-state index contributed by atoms with van der Waals surface area (Å²) in [6, 6.07) is 19.3. The highest BCUT2D eigenvalue weighted by Gasteiger charge is 2.33. The highest BCUT2D eigenvalue weighted by Crippen LogP contribution is 2.28. The molecule has 0 saturated heterocycles. The van der Waals surface area contributed by atoms with E-state index in [2.05, 4.69) is 5.32 Å². The maximum Gasteiger partial charge on any atom is 0.264 e. The number of carbonyl (C=O) groups excluding carboxylic acids is 2. The monoisotopic (exact) mass is 567 g/mol. The number of methoxy groups -OCH3 is 2. The first-order chi connectivity index (χ1) is 19.1. The van der Waals surface area contributed by atoms with Gasteiger partial charge < -0.3 is 19.7 Å². The summed E-state index contributed by atoms with van der Waals surface area (Å²) in [6.07, 6.45) is 0.339. The van der Waals surface area contributed by atoms with Crippen molar-refractivity contribution in [2.45, 2.75) is 44.7 Å². The van der Waals surface area contributed by atoms with E-state index in [4.69, 9.17) is 9.47 Å². The summed E-state index contributed by atoms with van der Waals surface area (Å²) in [6.45, 7) is 5.44. The minimum atomic E-state index is -4.16. The molecule has 0 aliphatic heterocycles. The van der Waals surface area contributed by atoms with Gasteiger partial charge in [-0.15, -0.1) is 0 Å². The SMILES string of the molecule is CCNC(=O)C(CC)N(Cc1cccc(OC)c1)C(=O)CN(c1cccc(OC)c1)S(=O)(=O)c1ccc(C)cc1. The number of rotatable bonds is 13. The van der Waals surface area contributed by atoms with Crippen LogP contribution in [0.4, 0.5) is 5.69 Å². The number of hydrogen-bond acceptors (Lipinski definition) is 6.